The van der Waals surface area contributed by atoms with E-state index in [0.29, 0.717) is 16.5 Å². The fourth-order valence-electron chi connectivity index (χ4n) is 3.59. The van der Waals surface area contributed by atoms with Gasteiger partial charge in [0.25, 0.3) is 0 Å². The van der Waals surface area contributed by atoms with Gasteiger partial charge in [0.2, 0.25) is 5.96 Å². The van der Waals surface area contributed by atoms with E-state index in [0.717, 1.165) is 10.4 Å². The highest BCUT2D eigenvalue weighted by atomic mass is 32.3. The van der Waals surface area contributed by atoms with Crippen LogP contribution in [0.5, 0.6) is 0 Å². The average molecular weight is 459 g/mol. The molecule has 1 aliphatic heterocycles. The lowest BCUT2D eigenvalue weighted by molar-refractivity contribution is 0.383. The standard InChI is InChI=1S/C20H19F2N7O2S/c1-20(10-32(30,31)29(2)19(24)28-20)15-13(21)3-4-14(16(15)22)27-18-17-12(5-6-25-18)7-11(8-23)9-26-17/h3-7,9,30-31H,10H2,1-2H3,(H2,24,28)(H,25,27)/t20-/m0/s1. The van der Waals surface area contributed by atoms with E-state index in [4.69, 9.17) is 11.0 Å². The summed E-state index contributed by atoms with van der Waals surface area (Å²) in [5, 5.41) is 12.5. The molecule has 3 heterocycles. The lowest BCUT2D eigenvalue weighted by Crippen LogP contribution is -2.48. The molecule has 0 spiro atoms. The molecule has 1 atom stereocenters. The molecule has 3 aromatic rings. The molecule has 12 heteroatoms. The predicted octanol–water partition coefficient (Wildman–Crippen LogP) is 3.66. The van der Waals surface area contributed by atoms with Crippen LogP contribution >= 0.6 is 10.8 Å². The Labute approximate surface area is 183 Å². The van der Waals surface area contributed by atoms with Crippen LogP contribution in [0, 0.1) is 23.0 Å². The van der Waals surface area contributed by atoms with Gasteiger partial charge in [0, 0.05) is 24.8 Å². The van der Waals surface area contributed by atoms with E-state index in [-0.39, 0.29) is 17.5 Å². The minimum atomic E-state index is -3.43. The van der Waals surface area contributed by atoms with E-state index in [1.807, 2.05) is 6.07 Å². The lowest BCUT2D eigenvalue weighted by atomic mass is 9.92. The molecule has 5 N–H and O–H groups in total. The molecule has 0 amide bonds. The van der Waals surface area contributed by atoms with Gasteiger partial charge in [-0.3, -0.25) is 14.1 Å². The summed E-state index contributed by atoms with van der Waals surface area (Å²) < 4.78 is 52.1. The van der Waals surface area contributed by atoms with Crippen LogP contribution in [0.15, 0.2) is 41.7 Å². The van der Waals surface area contributed by atoms with Crippen molar-refractivity contribution in [2.45, 2.75) is 12.5 Å². The number of anilines is 2. The number of aromatic nitrogens is 2. The molecule has 0 fully saturated rings. The number of rotatable bonds is 3. The third-order valence-corrected chi connectivity index (χ3v) is 7.22. The molecule has 0 aliphatic carbocycles. The Hall–Kier alpha value is -3.53. The van der Waals surface area contributed by atoms with E-state index in [1.54, 1.807) is 12.1 Å². The van der Waals surface area contributed by atoms with Crippen molar-refractivity contribution < 1.29 is 17.9 Å². The van der Waals surface area contributed by atoms with Gasteiger partial charge >= 0.3 is 0 Å². The lowest BCUT2D eigenvalue weighted by Gasteiger charge is -2.49. The summed E-state index contributed by atoms with van der Waals surface area (Å²) in [5.74, 6) is -2.38. The van der Waals surface area contributed by atoms with Crippen molar-refractivity contribution in [2.24, 2.45) is 10.7 Å². The molecular formula is C20H19F2N7O2S. The highest BCUT2D eigenvalue weighted by molar-refractivity contribution is 8.22. The second-order valence-electron chi connectivity index (χ2n) is 7.49. The first-order valence-corrected chi connectivity index (χ1v) is 11.0. The van der Waals surface area contributed by atoms with E-state index >= 15 is 4.39 Å². The van der Waals surface area contributed by atoms with Crippen LogP contribution in [0.1, 0.15) is 18.1 Å². The third-order valence-electron chi connectivity index (χ3n) is 5.21. The van der Waals surface area contributed by atoms with Gasteiger partial charge in [-0.25, -0.2) is 23.1 Å². The quantitative estimate of drug-likeness (QED) is 0.464. The number of pyridine rings is 2. The molecule has 2 aromatic heterocycles. The molecule has 32 heavy (non-hydrogen) atoms. The van der Waals surface area contributed by atoms with E-state index in [1.165, 1.54) is 32.4 Å². The highest BCUT2D eigenvalue weighted by Gasteiger charge is 2.44. The van der Waals surface area contributed by atoms with Crippen molar-refractivity contribution >= 4 is 39.1 Å². The maximum atomic E-state index is 15.6. The number of nitrogens with one attached hydrogen (secondary N) is 1. The molecule has 1 aliphatic rings. The minimum absolute atomic E-state index is 0.113. The van der Waals surface area contributed by atoms with Crippen molar-refractivity contribution in [3.8, 4) is 6.07 Å². The Morgan fingerprint density at radius 2 is 2.03 bits per heavy atom. The van der Waals surface area contributed by atoms with Gasteiger partial charge in [0.1, 0.15) is 22.9 Å². The monoisotopic (exact) mass is 459 g/mol. The molecule has 0 radical (unpaired) electrons. The number of nitrogens with zero attached hydrogens (tertiary/aromatic N) is 5. The smallest absolute Gasteiger partial charge is 0.210 e. The predicted molar refractivity (Wildman–Crippen MR) is 118 cm³/mol. The molecule has 166 valence electrons. The summed E-state index contributed by atoms with van der Waals surface area (Å²) in [7, 11) is -2.09. The Morgan fingerprint density at radius 1 is 1.28 bits per heavy atom. The zero-order valence-electron chi connectivity index (χ0n) is 17.0. The van der Waals surface area contributed by atoms with Crippen LogP contribution in [-0.4, -0.2) is 42.1 Å². The van der Waals surface area contributed by atoms with Gasteiger partial charge < -0.3 is 11.1 Å². The second kappa shape index (κ2) is 7.56. The van der Waals surface area contributed by atoms with Crippen LogP contribution in [-0.2, 0) is 5.54 Å². The first kappa shape index (κ1) is 21.7. The second-order valence-corrected chi connectivity index (χ2v) is 9.59. The van der Waals surface area contributed by atoms with Gasteiger partial charge in [-0.15, -0.1) is 10.8 Å². The molecule has 1 aromatic carbocycles. The van der Waals surface area contributed by atoms with Crippen LogP contribution in [0.4, 0.5) is 20.3 Å². The maximum Gasteiger partial charge on any atom is 0.210 e. The summed E-state index contributed by atoms with van der Waals surface area (Å²) in [4.78, 5) is 12.5. The topological polar surface area (TPSA) is 144 Å². The van der Waals surface area contributed by atoms with Gasteiger partial charge in [-0.05, 0) is 31.2 Å². The van der Waals surface area contributed by atoms with Gasteiger partial charge in [-0.1, -0.05) is 0 Å². The van der Waals surface area contributed by atoms with E-state index < -0.39 is 39.3 Å². The largest absolute Gasteiger partial charge is 0.369 e. The van der Waals surface area contributed by atoms with E-state index in [9.17, 15) is 13.5 Å². The summed E-state index contributed by atoms with van der Waals surface area (Å²) in [6.45, 7) is 1.38. The summed E-state index contributed by atoms with van der Waals surface area (Å²) in [6, 6.07) is 7.51. The van der Waals surface area contributed by atoms with Crippen LogP contribution < -0.4 is 11.1 Å². The number of hydrogen-bond acceptors (Lipinski definition) is 9. The summed E-state index contributed by atoms with van der Waals surface area (Å²) >= 11 is 0. The summed E-state index contributed by atoms with van der Waals surface area (Å²) in [6.07, 6.45) is 2.83. The first-order valence-electron chi connectivity index (χ1n) is 9.31. The minimum Gasteiger partial charge on any atom is -0.369 e. The Bertz CT molecular complexity index is 1310. The SMILES string of the molecule is CN1C(N)=N[C@](C)(c2c(F)ccc(Nc3nccc4cc(C#N)cnc34)c2F)CS1(O)O. The maximum absolute atomic E-state index is 15.6. The number of nitriles is 1. The zero-order chi connectivity index (χ0) is 23.3. The van der Waals surface area contributed by atoms with Crippen LogP contribution in [0.3, 0.4) is 0 Å². The number of benzene rings is 1. The number of fused-ring (bicyclic) bond motifs is 1. The van der Waals surface area contributed by atoms with Gasteiger partial charge in [0.15, 0.2) is 11.6 Å². The van der Waals surface area contributed by atoms with Gasteiger partial charge in [0.05, 0.1) is 22.6 Å². The number of guanidine groups is 1. The Morgan fingerprint density at radius 3 is 2.72 bits per heavy atom. The van der Waals surface area contributed by atoms with Crippen molar-refractivity contribution in [1.29, 1.82) is 5.26 Å². The zero-order valence-corrected chi connectivity index (χ0v) is 17.9. The van der Waals surface area contributed by atoms with Crippen molar-refractivity contribution in [3.63, 3.8) is 0 Å². The number of aliphatic imine (C=N–C) groups is 1. The number of hydrogen-bond donors (Lipinski definition) is 4. The molecule has 0 bridgehead atoms. The normalized spacial score (nSPS) is 21.0. The highest BCUT2D eigenvalue weighted by Crippen LogP contribution is 2.52. The average Bonchev–Trinajstić information content (AvgIpc) is 2.73. The molecular weight excluding hydrogens is 440 g/mol. The number of halogens is 2. The molecule has 4 rings (SSSR count). The molecule has 9 nitrogen and oxygen atoms in total. The van der Waals surface area contributed by atoms with E-state index in [2.05, 4.69) is 20.3 Å². The third kappa shape index (κ3) is 3.56. The van der Waals surface area contributed by atoms with Crippen LogP contribution in [0.25, 0.3) is 10.9 Å². The first-order chi connectivity index (χ1) is 15.1. The van der Waals surface area contributed by atoms with Crippen LogP contribution in [0.2, 0.25) is 0 Å². The van der Waals surface area contributed by atoms with Crippen molar-refractivity contribution in [3.05, 3.63) is 59.4 Å². The molecule has 0 unspecified atom stereocenters. The fraction of sp³-hybridized carbons (Fsp3) is 0.200. The van der Waals surface area contributed by atoms with Crippen molar-refractivity contribution in [1.82, 2.24) is 14.3 Å². The molecule has 0 saturated heterocycles. The van der Waals surface area contributed by atoms with Gasteiger partial charge in [-0.2, -0.15) is 5.26 Å². The fourth-order valence-corrected chi connectivity index (χ4v) is 5.09. The molecule has 0 saturated carbocycles. The Balaban J connectivity index is 1.81. The summed E-state index contributed by atoms with van der Waals surface area (Å²) in [5.41, 5.74) is 4.30. The Kier molecular flexibility index (Phi) is 5.12. The van der Waals surface area contributed by atoms with Crippen molar-refractivity contribution in [2.75, 3.05) is 18.1 Å². The number of nitrogens with two attached hydrogens (primary N) is 1.